The summed E-state index contributed by atoms with van der Waals surface area (Å²) < 4.78 is 28.5. The maximum Gasteiger partial charge on any atom is 0.351 e. The summed E-state index contributed by atoms with van der Waals surface area (Å²) in [6.45, 7) is 9.30. The monoisotopic (exact) mass is 497 g/mol. The number of nitrogens with zero attached hydrogens (tertiary/aromatic N) is 2. The molecule has 0 aliphatic carbocycles. The van der Waals surface area contributed by atoms with Gasteiger partial charge in [0, 0.05) is 11.8 Å². The normalized spacial score (nSPS) is 25.8. The Balaban J connectivity index is 1.85. The number of amides is 1. The molecule has 1 aliphatic rings. The molecule has 1 fully saturated rings. The minimum Gasteiger partial charge on any atom is -0.406 e. The summed E-state index contributed by atoms with van der Waals surface area (Å²) in [5.74, 6) is -0.451. The van der Waals surface area contributed by atoms with E-state index in [2.05, 4.69) is 10.3 Å². The molecular weight excluding hydrogens is 469 g/mol. The van der Waals surface area contributed by atoms with Crippen LogP contribution in [0.25, 0.3) is 0 Å². The van der Waals surface area contributed by atoms with Gasteiger partial charge in [-0.2, -0.15) is 4.98 Å². The number of hydrogen-bond donors (Lipinski definition) is 2. The Morgan fingerprint density at radius 3 is 2.52 bits per heavy atom. The Bertz CT molecular complexity index is 1060. The summed E-state index contributed by atoms with van der Waals surface area (Å²) in [5.41, 5.74) is -0.485. The van der Waals surface area contributed by atoms with Gasteiger partial charge >= 0.3 is 5.69 Å². The van der Waals surface area contributed by atoms with Crippen molar-refractivity contribution in [2.24, 2.45) is 0 Å². The van der Waals surface area contributed by atoms with Gasteiger partial charge in [-0.15, -0.1) is 0 Å². The van der Waals surface area contributed by atoms with Gasteiger partial charge in [-0.05, 0) is 36.3 Å². The predicted molar refractivity (Wildman–Crippen MR) is 126 cm³/mol. The van der Waals surface area contributed by atoms with E-state index >= 15 is 4.39 Å². The van der Waals surface area contributed by atoms with Crippen molar-refractivity contribution in [1.29, 1.82) is 0 Å². The minimum atomic E-state index is -2.64. The van der Waals surface area contributed by atoms with E-state index in [4.69, 9.17) is 20.8 Å². The molecule has 4 atom stereocenters. The van der Waals surface area contributed by atoms with Gasteiger partial charge in [-0.25, -0.2) is 9.18 Å². The fourth-order valence-electron chi connectivity index (χ4n) is 3.19. The van der Waals surface area contributed by atoms with Gasteiger partial charge < -0.3 is 19.6 Å². The predicted octanol–water partition coefficient (Wildman–Crippen LogP) is 3.68. The van der Waals surface area contributed by atoms with Crippen molar-refractivity contribution in [3.63, 3.8) is 0 Å². The van der Waals surface area contributed by atoms with Crippen LogP contribution in [0, 0.1) is 0 Å². The molecule has 1 aromatic heterocycles. The highest BCUT2D eigenvalue weighted by Crippen LogP contribution is 2.49. The van der Waals surface area contributed by atoms with E-state index in [9.17, 15) is 14.7 Å². The first-order valence-electron chi connectivity index (χ1n) is 10.6. The molecule has 1 amide bonds. The number of aliphatic hydroxyl groups is 1. The number of halogens is 2. The van der Waals surface area contributed by atoms with E-state index in [0.717, 1.165) is 4.57 Å². The summed E-state index contributed by atoms with van der Waals surface area (Å²) in [7, 11) is -2.49. The third-order valence-corrected chi connectivity index (χ3v) is 11.0. The topological polar surface area (TPSA) is 103 Å². The van der Waals surface area contributed by atoms with Crippen LogP contribution in [0.1, 0.15) is 37.4 Å². The highest BCUT2D eigenvalue weighted by molar-refractivity contribution is 6.74. The number of aromatic nitrogens is 2. The van der Waals surface area contributed by atoms with Crippen molar-refractivity contribution in [1.82, 2.24) is 9.55 Å². The smallest absolute Gasteiger partial charge is 0.351 e. The highest BCUT2D eigenvalue weighted by Gasteiger charge is 2.60. The molecule has 8 nitrogen and oxygen atoms in total. The maximum absolute atomic E-state index is 15.9. The highest BCUT2D eigenvalue weighted by atomic mass is 35.5. The van der Waals surface area contributed by atoms with Crippen molar-refractivity contribution in [3.05, 3.63) is 58.6 Å². The van der Waals surface area contributed by atoms with Crippen LogP contribution >= 0.6 is 11.6 Å². The Hall–Kier alpha value is -2.11. The number of carbonyl (C=O) groups excluding carboxylic acids is 1. The second-order valence-electron chi connectivity index (χ2n) is 9.51. The zero-order chi connectivity index (χ0) is 24.6. The quantitative estimate of drug-likeness (QED) is 0.466. The van der Waals surface area contributed by atoms with E-state index in [1.807, 2.05) is 33.9 Å². The average molecular weight is 498 g/mol. The Kier molecular flexibility index (Phi) is 7.16. The molecule has 11 heteroatoms. The third-order valence-electron chi connectivity index (χ3n) is 6.12. The van der Waals surface area contributed by atoms with Crippen molar-refractivity contribution in [3.8, 4) is 0 Å². The number of rotatable bonds is 6. The third kappa shape index (κ3) is 5.20. The zero-order valence-corrected chi connectivity index (χ0v) is 21.0. The van der Waals surface area contributed by atoms with E-state index in [0.29, 0.717) is 5.56 Å². The van der Waals surface area contributed by atoms with Crippen molar-refractivity contribution < 1.29 is 23.5 Å². The van der Waals surface area contributed by atoms with Crippen molar-refractivity contribution in [2.45, 2.75) is 62.5 Å². The van der Waals surface area contributed by atoms with Crippen LogP contribution in [0.3, 0.4) is 0 Å². The van der Waals surface area contributed by atoms with Gasteiger partial charge in [0.25, 0.3) is 11.0 Å². The Morgan fingerprint density at radius 1 is 1.33 bits per heavy atom. The molecule has 0 radical (unpaired) electrons. The molecule has 2 aromatic rings. The Labute approximate surface area is 197 Å². The van der Waals surface area contributed by atoms with Crippen LogP contribution in [-0.4, -0.2) is 52.8 Å². The number of carbonyl (C=O) groups is 1. The summed E-state index contributed by atoms with van der Waals surface area (Å²) >= 11 is 6.28. The molecule has 1 saturated heterocycles. The summed E-state index contributed by atoms with van der Waals surface area (Å²) in [5, 5.41) is 9.44. The summed E-state index contributed by atoms with van der Waals surface area (Å²) in [6.07, 6.45) is -2.71. The fraction of sp³-hybridized carbons (Fsp3) is 0.500. The van der Waals surface area contributed by atoms with Gasteiger partial charge in [0.2, 0.25) is 0 Å². The first-order valence-corrected chi connectivity index (χ1v) is 13.8. The van der Waals surface area contributed by atoms with Crippen LogP contribution < -0.4 is 11.0 Å². The molecule has 3 rings (SSSR count). The first-order chi connectivity index (χ1) is 15.3. The largest absolute Gasteiger partial charge is 0.406 e. The fourth-order valence-corrected chi connectivity index (χ4v) is 4.92. The lowest BCUT2D eigenvalue weighted by Gasteiger charge is -2.40. The average Bonchev–Trinajstić information content (AvgIpc) is 2.97. The first kappa shape index (κ1) is 25.5. The van der Waals surface area contributed by atoms with Gasteiger partial charge in [-0.1, -0.05) is 50.6 Å². The van der Waals surface area contributed by atoms with Gasteiger partial charge in [0.15, 0.2) is 14.5 Å². The van der Waals surface area contributed by atoms with Crippen molar-refractivity contribution >= 4 is 31.6 Å². The molecule has 0 unspecified atom stereocenters. The van der Waals surface area contributed by atoms with Gasteiger partial charge in [-0.3, -0.25) is 9.36 Å². The van der Waals surface area contributed by atoms with Crippen LogP contribution in [0.5, 0.6) is 0 Å². The molecule has 0 saturated carbocycles. The maximum atomic E-state index is 15.9. The molecular formula is C22H29ClFN3O5Si. The molecule has 1 aromatic carbocycles. The zero-order valence-electron chi connectivity index (χ0n) is 19.2. The summed E-state index contributed by atoms with van der Waals surface area (Å²) in [6, 6.07) is 9.76. The minimum absolute atomic E-state index is 0.00471. The second-order valence-corrected chi connectivity index (χ2v) is 14.8. The standard InChI is InChI=1S/C22H29ClFN3O5Si/c1-21(2,3)33(4,5)32-17-15(13-28)31-19(22(17,23)24)27-12-11-16(26-20(27)30)25-18(29)14-9-7-6-8-10-14/h6-12,15,17,19,28H,13H2,1-5H3,(H,25,26,29,30)/t15-,17-,19-,22+/m1/s1. The molecule has 0 spiro atoms. The molecule has 180 valence electrons. The number of nitrogens with one attached hydrogen (secondary N) is 1. The SMILES string of the molecule is CC(C)(C)[Si](C)(C)O[C@@H]1[C@@H](CO)O[C@@H](n2ccc(NC(=O)c3ccccc3)nc2=O)[C@]1(F)Cl. The number of alkyl halides is 2. The van der Waals surface area contributed by atoms with Crippen LogP contribution in [0.4, 0.5) is 10.2 Å². The lowest BCUT2D eigenvalue weighted by molar-refractivity contribution is -0.0509. The Morgan fingerprint density at radius 2 is 1.97 bits per heavy atom. The van der Waals surface area contributed by atoms with Gasteiger partial charge in [0.05, 0.1) is 6.61 Å². The van der Waals surface area contributed by atoms with E-state index in [1.54, 1.807) is 30.3 Å². The van der Waals surface area contributed by atoms with Crippen molar-refractivity contribution in [2.75, 3.05) is 11.9 Å². The molecule has 2 N–H and O–H groups in total. The van der Waals surface area contributed by atoms with E-state index in [-0.39, 0.29) is 10.9 Å². The number of benzene rings is 1. The lowest BCUT2D eigenvalue weighted by atomic mass is 10.1. The number of ether oxygens (including phenoxy) is 1. The second kappa shape index (κ2) is 9.26. The number of aliphatic hydroxyl groups excluding tert-OH is 1. The lowest BCUT2D eigenvalue weighted by Crippen LogP contribution is -2.52. The molecule has 2 heterocycles. The molecule has 0 bridgehead atoms. The van der Waals surface area contributed by atoms with E-state index in [1.165, 1.54) is 12.3 Å². The summed E-state index contributed by atoms with van der Waals surface area (Å²) in [4.78, 5) is 28.8. The number of anilines is 1. The van der Waals surface area contributed by atoms with Crippen LogP contribution in [-0.2, 0) is 9.16 Å². The molecule has 33 heavy (non-hydrogen) atoms. The van der Waals surface area contributed by atoms with Crippen LogP contribution in [0.15, 0.2) is 47.4 Å². The number of hydrogen-bond acceptors (Lipinski definition) is 6. The molecule has 1 aliphatic heterocycles. The van der Waals surface area contributed by atoms with Gasteiger partial charge in [0.1, 0.15) is 18.0 Å². The van der Waals surface area contributed by atoms with E-state index < -0.39 is 50.1 Å². The van der Waals surface area contributed by atoms with Crippen LogP contribution in [0.2, 0.25) is 18.1 Å².